The van der Waals surface area contributed by atoms with E-state index in [0.29, 0.717) is 5.75 Å². The van der Waals surface area contributed by atoms with Crippen molar-refractivity contribution < 1.29 is 14.3 Å². The van der Waals surface area contributed by atoms with Crippen LogP contribution in [0.1, 0.15) is 18.1 Å². The summed E-state index contributed by atoms with van der Waals surface area (Å²) in [6, 6.07) is 10.4. The number of ether oxygens (including phenoxy) is 1. The maximum atomic E-state index is 14.2. The van der Waals surface area contributed by atoms with Crippen LogP contribution < -0.4 is 10.5 Å². The van der Waals surface area contributed by atoms with Crippen LogP contribution in [0.15, 0.2) is 46.0 Å². The van der Waals surface area contributed by atoms with Gasteiger partial charge in [-0.1, -0.05) is 24.2 Å². The van der Waals surface area contributed by atoms with Crippen molar-refractivity contribution in [1.82, 2.24) is 0 Å². The lowest BCUT2D eigenvalue weighted by Crippen LogP contribution is -2.14. The molecule has 6 heteroatoms. The molecule has 3 N–H and O–H groups in total. The normalized spacial score (nSPS) is 11.5. The lowest BCUT2D eigenvalue weighted by atomic mass is 10.1. The fourth-order valence-corrected chi connectivity index (χ4v) is 2.31. The van der Waals surface area contributed by atoms with E-state index in [1.165, 1.54) is 17.7 Å². The average Bonchev–Trinajstić information content (AvgIpc) is 2.52. The zero-order chi connectivity index (χ0) is 15.4. The number of hydrogen-bond donors (Lipinski definition) is 2. The molecule has 0 radical (unpaired) electrons. The summed E-state index contributed by atoms with van der Waals surface area (Å²) in [5.74, 6) is -0.201. The van der Waals surface area contributed by atoms with E-state index >= 15 is 0 Å². The van der Waals surface area contributed by atoms with Gasteiger partial charge in [0.05, 0.1) is 4.47 Å². The Balaban J connectivity index is 2.30. The number of benzene rings is 2. The summed E-state index contributed by atoms with van der Waals surface area (Å²) in [6.45, 7) is 2.05. The smallest absolute Gasteiger partial charge is 0.180 e. The second-order valence-corrected chi connectivity index (χ2v) is 5.12. The number of oxime groups is 1. The van der Waals surface area contributed by atoms with Crippen LogP contribution in [-0.4, -0.2) is 11.0 Å². The quantitative estimate of drug-likeness (QED) is 0.377. The van der Waals surface area contributed by atoms with Crippen molar-refractivity contribution in [2.24, 2.45) is 10.9 Å². The van der Waals surface area contributed by atoms with Crippen LogP contribution in [-0.2, 0) is 6.42 Å². The molecule has 0 bridgehead atoms. The predicted octanol–water partition coefficient (Wildman–Crippen LogP) is 4.04. The first-order chi connectivity index (χ1) is 10.1. The highest BCUT2D eigenvalue weighted by Crippen LogP contribution is 2.31. The number of nitrogens with zero attached hydrogens (tertiary/aromatic N) is 1. The molecule has 2 rings (SSSR count). The maximum absolute atomic E-state index is 14.2. The Bertz CT molecular complexity index is 672. The summed E-state index contributed by atoms with van der Waals surface area (Å²) in [6.07, 6.45) is 0.925. The van der Waals surface area contributed by atoms with Crippen LogP contribution in [0.3, 0.4) is 0 Å². The third-order valence-corrected chi connectivity index (χ3v) is 3.77. The van der Waals surface area contributed by atoms with Crippen LogP contribution in [0.25, 0.3) is 0 Å². The highest BCUT2D eigenvalue weighted by Gasteiger charge is 2.15. The Morgan fingerprint density at radius 1 is 1.29 bits per heavy atom. The van der Waals surface area contributed by atoms with Crippen LogP contribution in [0.4, 0.5) is 4.39 Å². The Kier molecular flexibility index (Phi) is 4.80. The van der Waals surface area contributed by atoms with Gasteiger partial charge in [0.1, 0.15) is 5.75 Å². The highest BCUT2D eigenvalue weighted by molar-refractivity contribution is 9.10. The Morgan fingerprint density at radius 3 is 2.52 bits per heavy atom. The molecule has 0 unspecified atom stereocenters. The van der Waals surface area contributed by atoms with Crippen molar-refractivity contribution in [2.75, 3.05) is 0 Å². The molecule has 0 spiro atoms. The molecular weight excluding hydrogens is 339 g/mol. The van der Waals surface area contributed by atoms with Gasteiger partial charge in [-0.2, -0.15) is 0 Å². The largest absolute Gasteiger partial charge is 0.454 e. The number of amidine groups is 1. The minimum atomic E-state index is -0.612. The Labute approximate surface area is 130 Å². The number of aryl methyl sites for hydroxylation is 1. The van der Waals surface area contributed by atoms with Crippen LogP contribution >= 0.6 is 15.9 Å². The Hall–Kier alpha value is -2.08. The van der Waals surface area contributed by atoms with Gasteiger partial charge in [0, 0.05) is 5.56 Å². The molecule has 0 aromatic heterocycles. The minimum absolute atomic E-state index is 0.0561. The summed E-state index contributed by atoms with van der Waals surface area (Å²) in [5, 5.41) is 11.5. The predicted molar refractivity (Wildman–Crippen MR) is 82.5 cm³/mol. The van der Waals surface area contributed by atoms with Crippen LogP contribution in [0, 0.1) is 5.82 Å². The van der Waals surface area contributed by atoms with Gasteiger partial charge < -0.3 is 15.7 Å². The summed E-state index contributed by atoms with van der Waals surface area (Å²) < 4.78 is 19.8. The third kappa shape index (κ3) is 3.33. The molecule has 2 aromatic carbocycles. The number of halogens is 2. The lowest BCUT2D eigenvalue weighted by Gasteiger charge is -2.10. The molecule has 0 saturated heterocycles. The maximum Gasteiger partial charge on any atom is 0.180 e. The van der Waals surface area contributed by atoms with E-state index in [9.17, 15) is 4.39 Å². The molecule has 21 heavy (non-hydrogen) atoms. The molecule has 0 aliphatic rings. The van der Waals surface area contributed by atoms with E-state index in [4.69, 9.17) is 15.7 Å². The van der Waals surface area contributed by atoms with E-state index in [0.717, 1.165) is 6.42 Å². The molecule has 0 fully saturated rings. The first-order valence-corrected chi connectivity index (χ1v) is 7.08. The molecule has 4 nitrogen and oxygen atoms in total. The topological polar surface area (TPSA) is 67.8 Å². The minimum Gasteiger partial charge on any atom is -0.454 e. The summed E-state index contributed by atoms with van der Waals surface area (Å²) in [4.78, 5) is 0. The van der Waals surface area contributed by atoms with Crippen molar-refractivity contribution >= 4 is 21.8 Å². The van der Waals surface area contributed by atoms with Crippen molar-refractivity contribution in [1.29, 1.82) is 0 Å². The van der Waals surface area contributed by atoms with Crippen molar-refractivity contribution in [3.8, 4) is 11.5 Å². The van der Waals surface area contributed by atoms with Gasteiger partial charge in [-0.3, -0.25) is 0 Å². The van der Waals surface area contributed by atoms with Crippen LogP contribution in [0.5, 0.6) is 11.5 Å². The molecule has 0 aliphatic heterocycles. The van der Waals surface area contributed by atoms with E-state index in [2.05, 4.69) is 28.0 Å². The van der Waals surface area contributed by atoms with Crippen LogP contribution in [0.2, 0.25) is 0 Å². The van der Waals surface area contributed by atoms with Gasteiger partial charge >= 0.3 is 0 Å². The molecule has 0 amide bonds. The molecular formula is C15H14BrFN2O2. The second kappa shape index (κ2) is 6.58. The van der Waals surface area contributed by atoms with Gasteiger partial charge in [0.25, 0.3) is 0 Å². The molecule has 110 valence electrons. The number of hydrogen-bond acceptors (Lipinski definition) is 3. The van der Waals surface area contributed by atoms with Crippen molar-refractivity contribution in [2.45, 2.75) is 13.3 Å². The molecule has 0 heterocycles. The van der Waals surface area contributed by atoms with E-state index < -0.39 is 5.82 Å². The van der Waals surface area contributed by atoms with Crippen molar-refractivity contribution in [3.05, 3.63) is 57.8 Å². The van der Waals surface area contributed by atoms with Crippen molar-refractivity contribution in [3.63, 3.8) is 0 Å². The standard InChI is InChI=1S/C15H14BrFN2O2/c1-2-9-3-5-10(6-4-9)21-12-8-7-11(15(18)19-20)13(16)14(12)17/h3-8,20H,2H2,1H3,(H2,18,19). The summed E-state index contributed by atoms with van der Waals surface area (Å²) >= 11 is 3.08. The summed E-state index contributed by atoms with van der Waals surface area (Å²) in [7, 11) is 0. The molecule has 0 saturated carbocycles. The first kappa shape index (κ1) is 15.3. The van der Waals surface area contributed by atoms with E-state index in [-0.39, 0.29) is 21.6 Å². The third-order valence-electron chi connectivity index (χ3n) is 2.99. The molecule has 2 aromatic rings. The van der Waals surface area contributed by atoms with Gasteiger partial charge in [0.2, 0.25) is 0 Å². The van der Waals surface area contributed by atoms with E-state index in [1.54, 1.807) is 12.1 Å². The Morgan fingerprint density at radius 2 is 1.95 bits per heavy atom. The molecule has 0 aliphatic carbocycles. The first-order valence-electron chi connectivity index (χ1n) is 6.29. The molecule has 0 atom stereocenters. The van der Waals surface area contributed by atoms with Gasteiger partial charge in [-0.05, 0) is 52.2 Å². The average molecular weight is 353 g/mol. The second-order valence-electron chi connectivity index (χ2n) is 4.32. The highest BCUT2D eigenvalue weighted by atomic mass is 79.9. The lowest BCUT2D eigenvalue weighted by molar-refractivity contribution is 0.318. The zero-order valence-electron chi connectivity index (χ0n) is 11.3. The summed E-state index contributed by atoms with van der Waals surface area (Å²) in [5.41, 5.74) is 6.89. The fraction of sp³-hybridized carbons (Fsp3) is 0.133. The SMILES string of the molecule is CCc1ccc(Oc2ccc(/C(N)=N/O)c(Br)c2F)cc1. The van der Waals surface area contributed by atoms with Gasteiger partial charge in [-0.15, -0.1) is 0 Å². The fourth-order valence-electron chi connectivity index (χ4n) is 1.78. The number of rotatable bonds is 4. The monoisotopic (exact) mass is 352 g/mol. The van der Waals surface area contributed by atoms with Gasteiger partial charge in [-0.25, -0.2) is 4.39 Å². The van der Waals surface area contributed by atoms with Gasteiger partial charge in [0.15, 0.2) is 17.4 Å². The zero-order valence-corrected chi connectivity index (χ0v) is 12.9. The van der Waals surface area contributed by atoms with E-state index in [1.807, 2.05) is 12.1 Å². The number of nitrogens with two attached hydrogens (primary N) is 1.